The standard InChI is InChI=1S/C25H32N2O2S/c1-4-7-10-19(6-3)24(29)26-21-14-12-20(13-15-21)25-27(23(28)17-30-25)22-11-8-9-18(5-2)16-22/h8-9,11-16,19,25H,4-7,10,17H2,1-3H3,(H,26,29). The summed E-state index contributed by atoms with van der Waals surface area (Å²) < 4.78 is 0. The van der Waals surface area contributed by atoms with Gasteiger partial charge < -0.3 is 5.32 Å². The lowest BCUT2D eigenvalue weighted by molar-refractivity contribution is -0.120. The number of thioether (sulfide) groups is 1. The number of anilines is 2. The molecule has 0 spiro atoms. The van der Waals surface area contributed by atoms with Gasteiger partial charge in [0.1, 0.15) is 5.37 Å². The van der Waals surface area contributed by atoms with Crippen molar-refractivity contribution in [1.29, 1.82) is 0 Å². The van der Waals surface area contributed by atoms with Gasteiger partial charge >= 0.3 is 0 Å². The van der Waals surface area contributed by atoms with Gasteiger partial charge in [-0.1, -0.05) is 57.9 Å². The highest BCUT2D eigenvalue weighted by Crippen LogP contribution is 2.42. The number of aryl methyl sites for hydroxylation is 1. The summed E-state index contributed by atoms with van der Waals surface area (Å²) in [7, 11) is 0. The van der Waals surface area contributed by atoms with Gasteiger partial charge in [0, 0.05) is 17.3 Å². The van der Waals surface area contributed by atoms with Crippen LogP contribution >= 0.6 is 11.8 Å². The first kappa shape index (κ1) is 22.4. The summed E-state index contributed by atoms with van der Waals surface area (Å²) in [5, 5.41) is 3.02. The van der Waals surface area contributed by atoms with Gasteiger partial charge in [-0.3, -0.25) is 14.5 Å². The summed E-state index contributed by atoms with van der Waals surface area (Å²) >= 11 is 1.65. The van der Waals surface area contributed by atoms with E-state index in [2.05, 4.69) is 38.2 Å². The predicted octanol–water partition coefficient (Wildman–Crippen LogP) is 6.18. The maximum absolute atomic E-state index is 12.6. The molecule has 1 fully saturated rings. The molecule has 0 radical (unpaired) electrons. The summed E-state index contributed by atoms with van der Waals surface area (Å²) in [6.07, 6.45) is 4.92. The molecule has 1 heterocycles. The van der Waals surface area contributed by atoms with E-state index in [1.165, 1.54) is 5.56 Å². The number of amides is 2. The Labute approximate surface area is 184 Å². The topological polar surface area (TPSA) is 49.4 Å². The number of carbonyl (C=O) groups excluding carboxylic acids is 2. The summed E-state index contributed by atoms with van der Waals surface area (Å²) in [6, 6.07) is 16.2. The van der Waals surface area contributed by atoms with Crippen LogP contribution in [0.1, 0.15) is 63.0 Å². The number of rotatable bonds is 9. The smallest absolute Gasteiger partial charge is 0.238 e. The van der Waals surface area contributed by atoms with E-state index in [1.807, 2.05) is 41.3 Å². The lowest BCUT2D eigenvalue weighted by Gasteiger charge is -2.25. The van der Waals surface area contributed by atoms with Gasteiger partial charge in [-0.05, 0) is 54.7 Å². The largest absolute Gasteiger partial charge is 0.326 e. The third-order valence-electron chi connectivity index (χ3n) is 5.70. The molecule has 0 aromatic heterocycles. The van der Waals surface area contributed by atoms with E-state index in [0.717, 1.165) is 49.0 Å². The number of hydrogen-bond acceptors (Lipinski definition) is 3. The molecule has 1 N–H and O–H groups in total. The average molecular weight is 425 g/mol. The van der Waals surface area contributed by atoms with Crippen LogP contribution in [0.4, 0.5) is 11.4 Å². The van der Waals surface area contributed by atoms with Crippen molar-refractivity contribution in [1.82, 2.24) is 0 Å². The zero-order valence-corrected chi connectivity index (χ0v) is 19.0. The first-order valence-corrected chi connectivity index (χ1v) is 12.1. The van der Waals surface area contributed by atoms with Gasteiger partial charge in [0.25, 0.3) is 0 Å². The SMILES string of the molecule is CCCCC(CC)C(=O)Nc1ccc(C2SCC(=O)N2c2cccc(CC)c2)cc1. The van der Waals surface area contributed by atoms with E-state index in [0.29, 0.717) is 5.75 Å². The minimum Gasteiger partial charge on any atom is -0.326 e. The summed E-state index contributed by atoms with van der Waals surface area (Å²) in [6.45, 7) is 6.34. The van der Waals surface area contributed by atoms with E-state index in [1.54, 1.807) is 11.8 Å². The summed E-state index contributed by atoms with van der Waals surface area (Å²) in [5.41, 5.74) is 4.06. The maximum Gasteiger partial charge on any atom is 0.238 e. The Hall–Kier alpha value is -2.27. The van der Waals surface area contributed by atoms with Gasteiger partial charge in [-0.15, -0.1) is 11.8 Å². The van der Waals surface area contributed by atoms with E-state index < -0.39 is 0 Å². The number of unbranched alkanes of at least 4 members (excludes halogenated alkanes) is 1. The third kappa shape index (κ3) is 5.25. The predicted molar refractivity (Wildman–Crippen MR) is 127 cm³/mol. The van der Waals surface area contributed by atoms with Gasteiger partial charge in [-0.2, -0.15) is 0 Å². The molecule has 1 saturated heterocycles. The fraction of sp³-hybridized carbons (Fsp3) is 0.440. The lowest BCUT2D eigenvalue weighted by atomic mass is 9.98. The zero-order valence-electron chi connectivity index (χ0n) is 18.2. The van der Waals surface area contributed by atoms with Crippen molar-refractivity contribution in [2.45, 2.75) is 58.2 Å². The summed E-state index contributed by atoms with van der Waals surface area (Å²) in [5.74, 6) is 0.781. The van der Waals surface area contributed by atoms with Gasteiger partial charge in [-0.25, -0.2) is 0 Å². The molecule has 2 atom stereocenters. The molecule has 4 nitrogen and oxygen atoms in total. The van der Waals surface area contributed by atoms with Crippen molar-refractivity contribution in [3.8, 4) is 0 Å². The minimum absolute atomic E-state index is 0.0395. The molecule has 1 aliphatic heterocycles. The van der Waals surface area contributed by atoms with Crippen LogP contribution < -0.4 is 10.2 Å². The highest BCUT2D eigenvalue weighted by atomic mass is 32.2. The second kappa shape index (κ2) is 10.7. The van der Waals surface area contributed by atoms with Crippen molar-refractivity contribution in [2.24, 2.45) is 5.92 Å². The normalized spacial score (nSPS) is 17.2. The van der Waals surface area contributed by atoms with Crippen LogP contribution in [0, 0.1) is 5.92 Å². The van der Waals surface area contributed by atoms with Crippen LogP contribution in [0.2, 0.25) is 0 Å². The molecular formula is C25H32N2O2S. The average Bonchev–Trinajstić information content (AvgIpc) is 3.16. The van der Waals surface area contributed by atoms with Crippen molar-refractivity contribution in [3.05, 3.63) is 59.7 Å². The highest BCUT2D eigenvalue weighted by Gasteiger charge is 2.34. The molecule has 30 heavy (non-hydrogen) atoms. The molecule has 1 aliphatic rings. The molecular weight excluding hydrogens is 392 g/mol. The molecule has 2 aromatic carbocycles. The van der Waals surface area contributed by atoms with Crippen molar-refractivity contribution >= 4 is 35.0 Å². The first-order chi connectivity index (χ1) is 14.6. The highest BCUT2D eigenvalue weighted by molar-refractivity contribution is 8.00. The van der Waals surface area contributed by atoms with Crippen molar-refractivity contribution < 1.29 is 9.59 Å². The van der Waals surface area contributed by atoms with Crippen LogP contribution in [0.5, 0.6) is 0 Å². The van der Waals surface area contributed by atoms with E-state index in [4.69, 9.17) is 0 Å². The Morgan fingerprint density at radius 1 is 1.17 bits per heavy atom. The number of hydrogen-bond donors (Lipinski definition) is 1. The number of nitrogens with zero attached hydrogens (tertiary/aromatic N) is 1. The number of benzene rings is 2. The van der Waals surface area contributed by atoms with Crippen LogP contribution in [-0.2, 0) is 16.0 Å². The van der Waals surface area contributed by atoms with E-state index >= 15 is 0 Å². The first-order valence-electron chi connectivity index (χ1n) is 11.0. The fourth-order valence-electron chi connectivity index (χ4n) is 3.82. The van der Waals surface area contributed by atoms with Crippen LogP contribution in [-0.4, -0.2) is 17.6 Å². The van der Waals surface area contributed by atoms with Gasteiger partial charge in [0.2, 0.25) is 11.8 Å². The second-order valence-electron chi connectivity index (χ2n) is 7.81. The van der Waals surface area contributed by atoms with Crippen LogP contribution in [0.25, 0.3) is 0 Å². The zero-order chi connectivity index (χ0) is 21.5. The minimum atomic E-state index is -0.0395. The Kier molecular flexibility index (Phi) is 7.97. The molecule has 0 saturated carbocycles. The van der Waals surface area contributed by atoms with Gasteiger partial charge in [0.15, 0.2) is 0 Å². The molecule has 0 aliphatic carbocycles. The molecule has 2 amide bonds. The number of nitrogens with one attached hydrogen (secondary N) is 1. The fourth-order valence-corrected chi connectivity index (χ4v) is 5.00. The number of carbonyl (C=O) groups is 2. The Bertz CT molecular complexity index is 866. The Morgan fingerprint density at radius 2 is 1.93 bits per heavy atom. The maximum atomic E-state index is 12.6. The van der Waals surface area contributed by atoms with Crippen molar-refractivity contribution in [3.63, 3.8) is 0 Å². The third-order valence-corrected chi connectivity index (χ3v) is 6.91. The summed E-state index contributed by atoms with van der Waals surface area (Å²) in [4.78, 5) is 27.1. The molecule has 2 aromatic rings. The van der Waals surface area contributed by atoms with Crippen molar-refractivity contribution in [2.75, 3.05) is 16.0 Å². The second-order valence-corrected chi connectivity index (χ2v) is 8.88. The van der Waals surface area contributed by atoms with Gasteiger partial charge in [0.05, 0.1) is 5.75 Å². The monoisotopic (exact) mass is 424 g/mol. The molecule has 5 heteroatoms. The van der Waals surface area contributed by atoms with E-state index in [9.17, 15) is 9.59 Å². The lowest BCUT2D eigenvalue weighted by Crippen LogP contribution is -2.28. The van der Waals surface area contributed by atoms with E-state index in [-0.39, 0.29) is 23.1 Å². The van der Waals surface area contributed by atoms with Crippen LogP contribution in [0.3, 0.4) is 0 Å². The Balaban J connectivity index is 1.73. The van der Waals surface area contributed by atoms with Crippen LogP contribution in [0.15, 0.2) is 48.5 Å². The molecule has 3 rings (SSSR count). The molecule has 2 unspecified atom stereocenters. The Morgan fingerprint density at radius 3 is 2.60 bits per heavy atom. The molecule has 160 valence electrons. The molecule has 0 bridgehead atoms. The quantitative estimate of drug-likeness (QED) is 0.523.